The van der Waals surface area contributed by atoms with E-state index in [1.165, 1.54) is 20.7 Å². The second kappa shape index (κ2) is 20.3. The normalized spacial score (nSPS) is 14.2. The van der Waals surface area contributed by atoms with Gasteiger partial charge < -0.3 is 18.8 Å². The molecular weight excluding hydrogens is 1170 g/mol. The van der Waals surface area contributed by atoms with Crippen molar-refractivity contribution >= 4 is 78.7 Å². The Kier molecular flexibility index (Phi) is 9.85. The molecule has 382 valence electrons. The molecule has 15 rings (SSSR count). The third-order valence-electron chi connectivity index (χ3n) is 14.9. The minimum Gasteiger partial charge on any atom is -0.510 e. The first-order valence-electron chi connectivity index (χ1n) is 30.8. The molecule has 1 aliphatic rings. The Morgan fingerprint density at radius 1 is 0.500 bits per heavy atom. The number of hydrogen-bond donors (Lipinski definition) is 0. The van der Waals surface area contributed by atoms with Crippen LogP contribution in [0.5, 0.6) is 11.5 Å². The van der Waals surface area contributed by atoms with E-state index in [2.05, 4.69) is 161 Å². The van der Waals surface area contributed by atoms with E-state index in [1.54, 1.807) is 33.4 Å². The number of hydrogen-bond acceptors (Lipinski definition) is 3. The molecule has 0 saturated heterocycles. The van der Waals surface area contributed by atoms with Gasteiger partial charge in [-0.05, 0) is 78.3 Å². The minimum atomic E-state index is -2.86. The van der Waals surface area contributed by atoms with Crippen molar-refractivity contribution in [1.29, 1.82) is 0 Å². The molecule has 8 heteroatoms. The molecule has 3 aromatic heterocycles. The number of ether oxygens (including phenoxy) is 1. The Labute approximate surface area is 493 Å². The van der Waals surface area contributed by atoms with Crippen molar-refractivity contribution < 1.29 is 44.1 Å². The van der Waals surface area contributed by atoms with Crippen molar-refractivity contribution in [3.05, 3.63) is 303 Å². The predicted molar refractivity (Wildman–Crippen MR) is 323 cm³/mol. The van der Waals surface area contributed by atoms with E-state index in [0.29, 0.717) is 34.0 Å². The molecule has 0 fully saturated rings. The standard InChI is InChI=1S/C72H47N5OSi.Pt/c1-5-23-51(24-6-1)59-34-22-35-60(52-25-7-2-8-26-52)72(59)75-50-74(64-37-15-16-38-65(64)75)53-27-21-28-55(47-53)78-56-43-44-62-61-33-13-14-36-63(61)77(68(62)49-56)71-48-54(45-46-73-71)76-66-39-17-19-41-69(66)79(57-29-9-3-10-30-57,58-31-11-4-12-32-58)70-42-20-18-40-67(70)76;/h1-46,48H;/q-2;/i1D,2D,5D,6D,7D,8D,23D,24D,25D,26D;. The van der Waals surface area contributed by atoms with Gasteiger partial charge in [-0.2, -0.15) is 18.2 Å². The number of fused-ring (bicyclic) bond motifs is 6. The number of rotatable bonds is 10. The largest absolute Gasteiger partial charge is 0.510 e. The van der Waals surface area contributed by atoms with Crippen LogP contribution in [-0.4, -0.2) is 22.2 Å². The first-order valence-corrected chi connectivity index (χ1v) is 27.8. The van der Waals surface area contributed by atoms with E-state index in [-0.39, 0.29) is 49.0 Å². The summed E-state index contributed by atoms with van der Waals surface area (Å²) in [6.07, 6.45) is 5.30. The van der Waals surface area contributed by atoms with Gasteiger partial charge in [-0.3, -0.25) is 4.57 Å². The van der Waals surface area contributed by atoms with Gasteiger partial charge in [-0.1, -0.05) is 224 Å². The van der Waals surface area contributed by atoms with E-state index in [9.17, 15) is 0 Å². The average Bonchev–Trinajstić information content (AvgIpc) is 0.893. The molecule has 0 N–H and O–H groups in total. The molecule has 0 atom stereocenters. The smallest absolute Gasteiger partial charge is 0.268 e. The van der Waals surface area contributed by atoms with Crippen molar-refractivity contribution in [1.82, 2.24) is 14.1 Å². The van der Waals surface area contributed by atoms with Crippen molar-refractivity contribution in [3.63, 3.8) is 0 Å². The van der Waals surface area contributed by atoms with Gasteiger partial charge in [0.2, 0.25) is 0 Å². The fraction of sp³-hybridized carbons (Fsp3) is 0. The van der Waals surface area contributed by atoms with Gasteiger partial charge in [-0.25, -0.2) is 4.98 Å². The first-order chi connectivity index (χ1) is 43.3. The van der Waals surface area contributed by atoms with Crippen LogP contribution in [0.4, 0.5) is 17.1 Å². The third-order valence-corrected chi connectivity index (χ3v) is 19.7. The van der Waals surface area contributed by atoms with E-state index in [4.69, 9.17) is 23.4 Å². The Morgan fingerprint density at radius 2 is 1.07 bits per heavy atom. The monoisotopic (exact) mass is 1230 g/mol. The van der Waals surface area contributed by atoms with Crippen LogP contribution in [0.25, 0.3) is 72.3 Å². The molecule has 4 heterocycles. The molecule has 0 unspecified atom stereocenters. The summed E-state index contributed by atoms with van der Waals surface area (Å²) in [6, 6.07) is 75.1. The minimum absolute atomic E-state index is 0. The van der Waals surface area contributed by atoms with Gasteiger partial charge in [0.1, 0.15) is 5.82 Å². The molecule has 11 aromatic carbocycles. The first kappa shape index (κ1) is 38.8. The molecule has 0 amide bonds. The summed E-state index contributed by atoms with van der Waals surface area (Å²) in [7, 11) is -2.86. The van der Waals surface area contributed by atoms with Crippen LogP contribution < -0.4 is 35.0 Å². The zero-order valence-electron chi connectivity index (χ0n) is 52.3. The van der Waals surface area contributed by atoms with E-state index in [0.717, 1.165) is 38.9 Å². The molecule has 1 aliphatic heterocycles. The number of benzene rings is 11. The zero-order chi connectivity index (χ0) is 61.0. The Balaban J connectivity index is 0.00000707. The fourth-order valence-electron chi connectivity index (χ4n) is 11.6. The number of nitrogens with zero attached hydrogens (tertiary/aromatic N) is 5. The third kappa shape index (κ3) is 7.96. The number of imidazole rings is 1. The molecule has 0 aliphatic carbocycles. The molecule has 0 spiro atoms. The van der Waals surface area contributed by atoms with Gasteiger partial charge >= 0.3 is 0 Å². The topological polar surface area (TPSA) is 39.1 Å². The van der Waals surface area contributed by atoms with Crippen LogP contribution in [-0.2, 0) is 21.1 Å². The van der Waals surface area contributed by atoms with Crippen molar-refractivity contribution in [2.24, 2.45) is 0 Å². The van der Waals surface area contributed by atoms with Crippen LogP contribution in [0.3, 0.4) is 0 Å². The Morgan fingerprint density at radius 3 is 1.75 bits per heavy atom. The summed E-state index contributed by atoms with van der Waals surface area (Å²) in [5.74, 6) is 1.42. The van der Waals surface area contributed by atoms with Gasteiger partial charge in [0.05, 0.1) is 36.1 Å². The molecule has 80 heavy (non-hydrogen) atoms. The molecular formula is C72H47N5OPtSi-2. The summed E-state index contributed by atoms with van der Waals surface area (Å²) < 4.78 is 100.0. The molecule has 14 aromatic rings. The number of aromatic nitrogens is 4. The summed E-state index contributed by atoms with van der Waals surface area (Å²) in [4.78, 5) is 7.46. The molecule has 6 nitrogen and oxygen atoms in total. The second-order valence-electron chi connectivity index (χ2n) is 19.1. The van der Waals surface area contributed by atoms with E-state index >= 15 is 0 Å². The number of anilines is 3. The summed E-state index contributed by atoms with van der Waals surface area (Å²) in [5, 5.41) is 7.11. The summed E-state index contributed by atoms with van der Waals surface area (Å²) >= 11 is 0. The number of pyridine rings is 1. The maximum atomic E-state index is 9.10. The molecule has 0 radical (unpaired) electrons. The van der Waals surface area contributed by atoms with Gasteiger partial charge in [0.15, 0.2) is 8.07 Å². The summed E-state index contributed by atoms with van der Waals surface area (Å²) in [5.41, 5.74) is 6.53. The fourth-order valence-corrected chi connectivity index (χ4v) is 16.7. The van der Waals surface area contributed by atoms with Crippen LogP contribution in [0.1, 0.15) is 13.7 Å². The van der Waals surface area contributed by atoms with Crippen molar-refractivity contribution in [2.75, 3.05) is 4.90 Å². The predicted octanol–water partition coefficient (Wildman–Crippen LogP) is 14.1. The SMILES string of the molecule is [2H]c1c([2H])c([2H])c(-c2cccc(-c3c([2H])c([2H])c([2H])c([2H])c3[2H])c2-[n+]2[c-]n(-c3[c-]c(Oc4[c-]c5c(cc4)c4ccccc4n5-c4cc(N5c6ccccc6[Si](c6ccccc6)(c6ccccc6)c6ccccc65)ccn4)ccc3)c3ccccc32)c([2H])c1[2H].[Pt]. The second-order valence-corrected chi connectivity index (χ2v) is 22.9. The molecule has 0 bridgehead atoms. The Hall–Kier alpha value is -9.65. The van der Waals surface area contributed by atoms with Crippen LogP contribution in [0.2, 0.25) is 0 Å². The average molecular weight is 1230 g/mol. The molecule has 0 saturated carbocycles. The van der Waals surface area contributed by atoms with Crippen LogP contribution in [0, 0.1) is 18.5 Å². The van der Waals surface area contributed by atoms with Gasteiger partial charge in [0, 0.05) is 61.7 Å². The number of para-hydroxylation sites is 6. The van der Waals surface area contributed by atoms with Crippen LogP contribution in [0.15, 0.2) is 285 Å². The maximum Gasteiger partial charge on any atom is 0.268 e. The zero-order valence-corrected chi connectivity index (χ0v) is 45.6. The Bertz CT molecular complexity index is 5010. The van der Waals surface area contributed by atoms with Gasteiger partial charge in [0.25, 0.3) is 6.33 Å². The quantitative estimate of drug-likeness (QED) is 0.0778. The van der Waals surface area contributed by atoms with Crippen molar-refractivity contribution in [3.8, 4) is 50.9 Å². The van der Waals surface area contributed by atoms with Gasteiger partial charge in [-0.15, -0.1) is 29.7 Å². The summed E-state index contributed by atoms with van der Waals surface area (Å²) in [6.45, 7) is 0. The van der Waals surface area contributed by atoms with Crippen LogP contribution >= 0.6 is 0 Å². The van der Waals surface area contributed by atoms with E-state index < -0.39 is 68.5 Å². The van der Waals surface area contributed by atoms with E-state index in [1.807, 2.05) is 66.9 Å². The maximum absolute atomic E-state index is 9.10. The van der Waals surface area contributed by atoms with Crippen molar-refractivity contribution in [2.45, 2.75) is 0 Å².